The zero-order valence-electron chi connectivity index (χ0n) is 15.7. The van der Waals surface area contributed by atoms with Gasteiger partial charge in [-0.25, -0.2) is 4.98 Å². The third-order valence-electron chi connectivity index (χ3n) is 5.03. The fourth-order valence-electron chi connectivity index (χ4n) is 3.66. The maximum absolute atomic E-state index is 5.78. The van der Waals surface area contributed by atoms with Gasteiger partial charge in [0.25, 0.3) is 0 Å². The van der Waals surface area contributed by atoms with Crippen molar-refractivity contribution < 1.29 is 4.74 Å². The highest BCUT2D eigenvalue weighted by Crippen LogP contribution is 2.30. The van der Waals surface area contributed by atoms with Gasteiger partial charge in [-0.15, -0.1) is 0 Å². The number of nitrogens with zero attached hydrogens (tertiary/aromatic N) is 2. The van der Waals surface area contributed by atoms with Crippen molar-refractivity contribution in [1.82, 2.24) is 9.38 Å². The molecule has 3 aromatic carbocycles. The molecule has 0 N–H and O–H groups in total. The summed E-state index contributed by atoms with van der Waals surface area (Å²) in [6, 6.07) is 27.2. The van der Waals surface area contributed by atoms with Crippen LogP contribution in [0.25, 0.3) is 38.8 Å². The van der Waals surface area contributed by atoms with Crippen molar-refractivity contribution in [2.24, 2.45) is 0 Å². The predicted octanol–water partition coefficient (Wildman–Crippen LogP) is 6.22. The van der Waals surface area contributed by atoms with Gasteiger partial charge in [-0.3, -0.25) is 0 Å². The summed E-state index contributed by atoms with van der Waals surface area (Å²) in [5, 5.41) is 2.19. The Kier molecular flexibility index (Phi) is 4.06. The number of ether oxygens (including phenoxy) is 1. The van der Waals surface area contributed by atoms with Crippen LogP contribution in [0.3, 0.4) is 0 Å². The Morgan fingerprint density at radius 3 is 2.29 bits per heavy atom. The summed E-state index contributed by atoms with van der Waals surface area (Å²) in [4.78, 5) is 4.92. The van der Waals surface area contributed by atoms with Crippen molar-refractivity contribution in [3.8, 4) is 28.1 Å². The van der Waals surface area contributed by atoms with E-state index in [-0.39, 0.29) is 0 Å². The number of hydrogen-bond acceptors (Lipinski definition) is 2. The largest absolute Gasteiger partial charge is 0.493 e. The summed E-state index contributed by atoms with van der Waals surface area (Å²) in [5.74, 6) is 0.902. The molecule has 2 aromatic heterocycles. The van der Waals surface area contributed by atoms with Gasteiger partial charge < -0.3 is 9.14 Å². The summed E-state index contributed by atoms with van der Waals surface area (Å²) < 4.78 is 7.86. The highest BCUT2D eigenvalue weighted by molar-refractivity contribution is 5.98. The van der Waals surface area contributed by atoms with E-state index in [0.29, 0.717) is 6.61 Å². The second-order valence-electron chi connectivity index (χ2n) is 6.77. The van der Waals surface area contributed by atoms with E-state index >= 15 is 0 Å². The number of fused-ring (bicyclic) bond motifs is 3. The molecular formula is C25H20N2O. The number of benzene rings is 3. The number of aromatic nitrogens is 2. The van der Waals surface area contributed by atoms with Crippen LogP contribution >= 0.6 is 0 Å². The molecule has 0 spiro atoms. The summed E-state index contributed by atoms with van der Waals surface area (Å²) in [7, 11) is 0. The van der Waals surface area contributed by atoms with E-state index in [0.717, 1.165) is 33.4 Å². The molecule has 5 aromatic rings. The molecule has 136 valence electrons. The van der Waals surface area contributed by atoms with Gasteiger partial charge >= 0.3 is 0 Å². The molecule has 0 atom stereocenters. The lowest BCUT2D eigenvalue weighted by molar-refractivity contribution is 0.344. The monoisotopic (exact) mass is 364 g/mol. The molecule has 0 unspecified atom stereocenters. The van der Waals surface area contributed by atoms with Gasteiger partial charge in [-0.05, 0) is 30.2 Å². The summed E-state index contributed by atoms with van der Waals surface area (Å²) >= 11 is 0. The molecule has 2 heterocycles. The maximum atomic E-state index is 5.78. The first-order valence-electron chi connectivity index (χ1n) is 9.52. The minimum Gasteiger partial charge on any atom is -0.493 e. The van der Waals surface area contributed by atoms with Crippen LogP contribution in [0.2, 0.25) is 0 Å². The SMILES string of the molecule is CCOc1cccc2c1ccn1cc(-c3ccc(-c4ccccc4)cc3)nc21. The molecule has 5 rings (SSSR count). The van der Waals surface area contributed by atoms with Crippen molar-refractivity contribution in [3.05, 3.63) is 91.3 Å². The Balaban J connectivity index is 1.58. The molecular weight excluding hydrogens is 344 g/mol. The van der Waals surface area contributed by atoms with E-state index in [1.807, 2.05) is 25.1 Å². The van der Waals surface area contributed by atoms with Crippen LogP contribution in [0.4, 0.5) is 0 Å². The standard InChI is InChI=1S/C25H20N2O/c1-2-28-24-10-6-9-22-21(24)15-16-27-17-23(26-25(22)27)20-13-11-19(12-14-20)18-7-4-3-5-8-18/h3-17H,2H2,1H3. The van der Waals surface area contributed by atoms with E-state index in [1.54, 1.807) is 0 Å². The Hall–Kier alpha value is -3.59. The van der Waals surface area contributed by atoms with Crippen LogP contribution in [0, 0.1) is 0 Å². The van der Waals surface area contributed by atoms with Crippen LogP contribution in [-0.2, 0) is 0 Å². The fraction of sp³-hybridized carbons (Fsp3) is 0.0800. The topological polar surface area (TPSA) is 26.5 Å². The zero-order valence-corrected chi connectivity index (χ0v) is 15.7. The fourth-order valence-corrected chi connectivity index (χ4v) is 3.66. The molecule has 28 heavy (non-hydrogen) atoms. The van der Waals surface area contributed by atoms with Gasteiger partial charge in [-0.1, -0.05) is 66.7 Å². The van der Waals surface area contributed by atoms with Crippen molar-refractivity contribution in [1.29, 1.82) is 0 Å². The van der Waals surface area contributed by atoms with Gasteiger partial charge in [0.15, 0.2) is 0 Å². The Morgan fingerprint density at radius 2 is 1.50 bits per heavy atom. The number of imidazole rings is 1. The van der Waals surface area contributed by atoms with E-state index in [9.17, 15) is 0 Å². The van der Waals surface area contributed by atoms with Crippen LogP contribution in [0.15, 0.2) is 91.3 Å². The van der Waals surface area contributed by atoms with Gasteiger partial charge in [0, 0.05) is 28.7 Å². The van der Waals surface area contributed by atoms with E-state index < -0.39 is 0 Å². The highest BCUT2D eigenvalue weighted by Gasteiger charge is 2.10. The lowest BCUT2D eigenvalue weighted by Crippen LogP contribution is -1.93. The van der Waals surface area contributed by atoms with Crippen molar-refractivity contribution >= 4 is 16.4 Å². The minimum atomic E-state index is 0.651. The number of hydrogen-bond donors (Lipinski definition) is 0. The van der Waals surface area contributed by atoms with Crippen LogP contribution in [0.5, 0.6) is 5.75 Å². The van der Waals surface area contributed by atoms with Crippen LogP contribution in [-0.4, -0.2) is 16.0 Å². The first-order valence-corrected chi connectivity index (χ1v) is 9.52. The molecule has 0 fully saturated rings. The normalized spacial score (nSPS) is 11.2. The molecule has 3 heteroatoms. The quantitative estimate of drug-likeness (QED) is 0.378. The second kappa shape index (κ2) is 6.86. The van der Waals surface area contributed by atoms with E-state index in [2.05, 4.69) is 77.5 Å². The molecule has 0 aliphatic heterocycles. The number of rotatable bonds is 4. The molecule has 0 saturated carbocycles. The second-order valence-corrected chi connectivity index (χ2v) is 6.77. The average molecular weight is 364 g/mol. The highest BCUT2D eigenvalue weighted by atomic mass is 16.5. The average Bonchev–Trinajstić information content (AvgIpc) is 3.20. The minimum absolute atomic E-state index is 0.651. The lowest BCUT2D eigenvalue weighted by atomic mass is 10.0. The van der Waals surface area contributed by atoms with Crippen molar-refractivity contribution in [3.63, 3.8) is 0 Å². The van der Waals surface area contributed by atoms with Crippen LogP contribution < -0.4 is 4.74 Å². The summed E-state index contributed by atoms with van der Waals surface area (Å²) in [6.07, 6.45) is 4.13. The smallest absolute Gasteiger partial charge is 0.145 e. The molecule has 0 radical (unpaired) electrons. The third-order valence-corrected chi connectivity index (χ3v) is 5.03. The van der Waals surface area contributed by atoms with Gasteiger partial charge in [0.2, 0.25) is 0 Å². The molecule has 3 nitrogen and oxygen atoms in total. The van der Waals surface area contributed by atoms with E-state index in [4.69, 9.17) is 9.72 Å². The Labute approximate surface area is 163 Å². The number of pyridine rings is 1. The predicted molar refractivity (Wildman–Crippen MR) is 115 cm³/mol. The Morgan fingerprint density at radius 1 is 0.750 bits per heavy atom. The molecule has 0 amide bonds. The summed E-state index contributed by atoms with van der Waals surface area (Å²) in [6.45, 7) is 2.65. The molecule has 0 aliphatic rings. The first-order chi connectivity index (χ1) is 13.8. The van der Waals surface area contributed by atoms with Gasteiger partial charge in [-0.2, -0.15) is 0 Å². The maximum Gasteiger partial charge on any atom is 0.145 e. The summed E-state index contributed by atoms with van der Waals surface area (Å²) in [5.41, 5.74) is 5.45. The van der Waals surface area contributed by atoms with Crippen LogP contribution in [0.1, 0.15) is 6.92 Å². The Bertz CT molecular complexity index is 1250. The third kappa shape index (κ3) is 2.81. The van der Waals surface area contributed by atoms with Crippen molar-refractivity contribution in [2.45, 2.75) is 6.92 Å². The van der Waals surface area contributed by atoms with Crippen molar-refractivity contribution in [2.75, 3.05) is 6.61 Å². The lowest BCUT2D eigenvalue weighted by Gasteiger charge is -2.07. The first kappa shape index (κ1) is 16.6. The van der Waals surface area contributed by atoms with Gasteiger partial charge in [0.05, 0.1) is 12.3 Å². The molecule has 0 bridgehead atoms. The van der Waals surface area contributed by atoms with Gasteiger partial charge in [0.1, 0.15) is 11.4 Å². The zero-order chi connectivity index (χ0) is 18.9. The van der Waals surface area contributed by atoms with E-state index in [1.165, 1.54) is 11.1 Å². The molecule has 0 aliphatic carbocycles. The molecule has 0 saturated heterocycles.